The van der Waals surface area contributed by atoms with Crippen LogP contribution in [-0.2, 0) is 0 Å². The Morgan fingerprint density at radius 2 is 1.67 bits per heavy atom. The Morgan fingerprint density at radius 1 is 1.08 bits per heavy atom. The van der Waals surface area contributed by atoms with Crippen molar-refractivity contribution in [1.82, 2.24) is 4.90 Å². The fourth-order valence-electron chi connectivity index (χ4n) is 2.56. The molecule has 0 aromatic heterocycles. The zero-order valence-electron chi connectivity index (χ0n) is 9.01. The molecule has 1 aliphatic rings. The molecule has 0 radical (unpaired) electrons. The predicted molar refractivity (Wildman–Crippen MR) is 54.3 cm³/mol. The smallest absolute Gasteiger partial charge is 0.0120 e. The maximum Gasteiger partial charge on any atom is 0.0120 e. The number of hydrogen-bond donors (Lipinski definition) is 0. The molecule has 1 fully saturated rings. The van der Waals surface area contributed by atoms with Crippen molar-refractivity contribution < 1.29 is 0 Å². The van der Waals surface area contributed by atoms with Gasteiger partial charge in [0.1, 0.15) is 0 Å². The van der Waals surface area contributed by atoms with E-state index in [1.54, 1.807) is 0 Å². The molecule has 1 saturated carbocycles. The van der Waals surface area contributed by atoms with E-state index in [4.69, 9.17) is 0 Å². The SMILES string of the molecule is CC(C)[C@@H]1CCCC[C@H]1N(C)C. The molecule has 1 aliphatic carbocycles. The maximum absolute atomic E-state index is 2.42. The van der Waals surface area contributed by atoms with E-state index in [1.165, 1.54) is 25.7 Å². The largest absolute Gasteiger partial charge is 0.306 e. The Labute approximate surface area is 77.1 Å². The van der Waals surface area contributed by atoms with Crippen molar-refractivity contribution in [2.24, 2.45) is 11.8 Å². The topological polar surface area (TPSA) is 3.24 Å². The summed E-state index contributed by atoms with van der Waals surface area (Å²) in [4.78, 5) is 2.42. The van der Waals surface area contributed by atoms with Gasteiger partial charge in [0.25, 0.3) is 0 Å². The van der Waals surface area contributed by atoms with Crippen molar-refractivity contribution in [3.63, 3.8) is 0 Å². The molecule has 0 unspecified atom stereocenters. The van der Waals surface area contributed by atoms with E-state index in [-0.39, 0.29) is 0 Å². The first kappa shape index (κ1) is 10.0. The highest BCUT2D eigenvalue weighted by Gasteiger charge is 2.28. The van der Waals surface area contributed by atoms with Gasteiger partial charge in [0.2, 0.25) is 0 Å². The van der Waals surface area contributed by atoms with Gasteiger partial charge in [-0.15, -0.1) is 0 Å². The van der Waals surface area contributed by atoms with Crippen LogP contribution in [0.3, 0.4) is 0 Å². The molecule has 1 rings (SSSR count). The third-order valence-corrected chi connectivity index (χ3v) is 3.30. The van der Waals surface area contributed by atoms with Crippen molar-refractivity contribution in [3.8, 4) is 0 Å². The quantitative estimate of drug-likeness (QED) is 0.614. The lowest BCUT2D eigenvalue weighted by Gasteiger charge is -2.38. The van der Waals surface area contributed by atoms with Crippen molar-refractivity contribution in [2.75, 3.05) is 14.1 Å². The summed E-state index contributed by atoms with van der Waals surface area (Å²) >= 11 is 0. The lowest BCUT2D eigenvalue weighted by atomic mass is 9.77. The van der Waals surface area contributed by atoms with E-state index in [1.807, 2.05) is 0 Å². The van der Waals surface area contributed by atoms with Gasteiger partial charge in [0.15, 0.2) is 0 Å². The maximum atomic E-state index is 2.42. The molecule has 2 atom stereocenters. The van der Waals surface area contributed by atoms with Crippen LogP contribution >= 0.6 is 0 Å². The first-order chi connectivity index (χ1) is 5.63. The second kappa shape index (κ2) is 4.27. The van der Waals surface area contributed by atoms with Crippen molar-refractivity contribution in [2.45, 2.75) is 45.6 Å². The Morgan fingerprint density at radius 3 is 2.08 bits per heavy atom. The van der Waals surface area contributed by atoms with Gasteiger partial charge in [-0.3, -0.25) is 0 Å². The molecule has 0 amide bonds. The predicted octanol–water partition coefficient (Wildman–Crippen LogP) is 2.76. The average molecular weight is 169 g/mol. The third-order valence-electron chi connectivity index (χ3n) is 3.30. The second-order valence-corrected chi connectivity index (χ2v) is 4.72. The zero-order chi connectivity index (χ0) is 9.14. The van der Waals surface area contributed by atoms with Crippen LogP contribution in [0.2, 0.25) is 0 Å². The summed E-state index contributed by atoms with van der Waals surface area (Å²) in [7, 11) is 4.46. The molecule has 0 spiro atoms. The molecule has 0 aromatic carbocycles. The minimum Gasteiger partial charge on any atom is -0.306 e. The first-order valence-electron chi connectivity index (χ1n) is 5.29. The summed E-state index contributed by atoms with van der Waals surface area (Å²) in [6.45, 7) is 4.74. The van der Waals surface area contributed by atoms with Gasteiger partial charge >= 0.3 is 0 Å². The van der Waals surface area contributed by atoms with Gasteiger partial charge in [-0.1, -0.05) is 26.7 Å². The number of nitrogens with zero attached hydrogens (tertiary/aromatic N) is 1. The Kier molecular flexibility index (Phi) is 3.57. The van der Waals surface area contributed by atoms with Crippen LogP contribution in [0.5, 0.6) is 0 Å². The van der Waals surface area contributed by atoms with E-state index < -0.39 is 0 Å². The molecule has 0 heterocycles. The minimum atomic E-state index is 0.846. The highest BCUT2D eigenvalue weighted by atomic mass is 15.1. The summed E-state index contributed by atoms with van der Waals surface area (Å²) in [5.74, 6) is 1.80. The van der Waals surface area contributed by atoms with Gasteiger partial charge in [0, 0.05) is 6.04 Å². The summed E-state index contributed by atoms with van der Waals surface area (Å²) in [6, 6.07) is 0.846. The third kappa shape index (κ3) is 2.22. The molecule has 12 heavy (non-hydrogen) atoms. The van der Waals surface area contributed by atoms with E-state index >= 15 is 0 Å². The Bertz CT molecular complexity index is 113. The highest BCUT2D eigenvalue weighted by Crippen LogP contribution is 2.32. The van der Waals surface area contributed by atoms with Gasteiger partial charge in [-0.2, -0.15) is 0 Å². The lowest BCUT2D eigenvalue weighted by Crippen LogP contribution is -2.39. The average Bonchev–Trinajstić information content (AvgIpc) is 2.04. The molecule has 0 saturated heterocycles. The molecule has 0 aliphatic heterocycles. The molecule has 72 valence electrons. The van der Waals surface area contributed by atoms with Crippen LogP contribution in [0.4, 0.5) is 0 Å². The fraction of sp³-hybridized carbons (Fsp3) is 1.00. The molecule has 1 nitrogen and oxygen atoms in total. The minimum absolute atomic E-state index is 0.846. The van der Waals surface area contributed by atoms with Crippen LogP contribution in [0, 0.1) is 11.8 Å². The molecular formula is C11H23N. The van der Waals surface area contributed by atoms with Crippen molar-refractivity contribution in [3.05, 3.63) is 0 Å². The van der Waals surface area contributed by atoms with Crippen LogP contribution < -0.4 is 0 Å². The Hall–Kier alpha value is -0.0400. The van der Waals surface area contributed by atoms with Gasteiger partial charge < -0.3 is 4.90 Å². The second-order valence-electron chi connectivity index (χ2n) is 4.72. The molecular weight excluding hydrogens is 146 g/mol. The van der Waals surface area contributed by atoms with E-state index in [9.17, 15) is 0 Å². The molecule has 0 aromatic rings. The molecule has 0 bridgehead atoms. The first-order valence-corrected chi connectivity index (χ1v) is 5.29. The summed E-state index contributed by atoms with van der Waals surface area (Å²) in [5, 5.41) is 0. The van der Waals surface area contributed by atoms with Crippen LogP contribution in [0.25, 0.3) is 0 Å². The van der Waals surface area contributed by atoms with E-state index in [0.29, 0.717) is 0 Å². The monoisotopic (exact) mass is 169 g/mol. The fourth-order valence-corrected chi connectivity index (χ4v) is 2.56. The standard InChI is InChI=1S/C11H23N/c1-9(2)10-7-5-6-8-11(10)12(3)4/h9-11H,5-8H2,1-4H3/t10-,11+/m0/s1. The van der Waals surface area contributed by atoms with Crippen LogP contribution in [0.15, 0.2) is 0 Å². The van der Waals surface area contributed by atoms with Crippen molar-refractivity contribution >= 4 is 0 Å². The molecule has 1 heteroatoms. The zero-order valence-corrected chi connectivity index (χ0v) is 9.01. The number of rotatable bonds is 2. The Balaban J connectivity index is 2.54. The van der Waals surface area contributed by atoms with Crippen LogP contribution in [-0.4, -0.2) is 25.0 Å². The van der Waals surface area contributed by atoms with Crippen LogP contribution in [0.1, 0.15) is 39.5 Å². The normalized spacial score (nSPS) is 31.5. The van der Waals surface area contributed by atoms with E-state index in [0.717, 1.165) is 17.9 Å². The summed E-state index contributed by atoms with van der Waals surface area (Å²) in [5.41, 5.74) is 0. The summed E-state index contributed by atoms with van der Waals surface area (Å²) < 4.78 is 0. The van der Waals surface area contributed by atoms with Gasteiger partial charge in [-0.25, -0.2) is 0 Å². The van der Waals surface area contributed by atoms with E-state index in [2.05, 4.69) is 32.8 Å². The summed E-state index contributed by atoms with van der Waals surface area (Å²) in [6.07, 6.45) is 5.75. The van der Waals surface area contributed by atoms with Gasteiger partial charge in [-0.05, 0) is 38.8 Å². The van der Waals surface area contributed by atoms with Gasteiger partial charge in [0.05, 0.1) is 0 Å². The number of hydrogen-bond acceptors (Lipinski definition) is 1. The molecule has 0 N–H and O–H groups in total. The highest BCUT2D eigenvalue weighted by molar-refractivity contribution is 4.82. The van der Waals surface area contributed by atoms with Crippen molar-refractivity contribution in [1.29, 1.82) is 0 Å². The lowest BCUT2D eigenvalue weighted by molar-refractivity contribution is 0.121.